The number of aromatic nitrogens is 1. The first-order valence-corrected chi connectivity index (χ1v) is 10.7. The summed E-state index contributed by atoms with van der Waals surface area (Å²) in [6.07, 6.45) is 1.40. The van der Waals surface area contributed by atoms with Crippen LogP contribution in [0.25, 0.3) is 11.3 Å². The third kappa shape index (κ3) is 4.12. The molecule has 0 aliphatic carbocycles. The first-order valence-electron chi connectivity index (χ1n) is 9.79. The molecular weight excluding hydrogens is 374 g/mol. The number of likely N-dealkylation sites (tertiary alicyclic amines) is 2. The lowest BCUT2D eigenvalue weighted by molar-refractivity contribution is -0.150. The second-order valence-corrected chi connectivity index (χ2v) is 8.74. The Balaban J connectivity index is 1.40. The fourth-order valence-corrected chi connectivity index (χ4v) is 5.12. The lowest BCUT2D eigenvalue weighted by atomic mass is 9.75. The molecule has 1 amide bonds. The van der Waals surface area contributed by atoms with Crippen molar-refractivity contribution >= 4 is 17.2 Å². The molecule has 2 aromatic rings. The number of methoxy groups -OCH3 is 1. The topological polar surface area (TPSA) is 65.9 Å². The molecule has 0 radical (unpaired) electrons. The zero-order chi connectivity index (χ0) is 19.6. The maximum Gasteiger partial charge on any atom is 0.248 e. The first-order chi connectivity index (χ1) is 13.6. The number of thiazole rings is 1. The van der Waals surface area contributed by atoms with E-state index in [0.29, 0.717) is 19.5 Å². The molecular formula is C21H27N3O3S. The van der Waals surface area contributed by atoms with Gasteiger partial charge in [-0.05, 0) is 12.8 Å². The second-order valence-electron chi connectivity index (χ2n) is 7.80. The van der Waals surface area contributed by atoms with Crippen LogP contribution in [-0.2, 0) is 16.1 Å². The van der Waals surface area contributed by atoms with Crippen molar-refractivity contribution in [2.75, 3.05) is 39.9 Å². The number of ether oxygens (including phenoxy) is 1. The quantitative estimate of drug-likeness (QED) is 0.832. The van der Waals surface area contributed by atoms with Gasteiger partial charge in [0, 0.05) is 50.2 Å². The summed E-state index contributed by atoms with van der Waals surface area (Å²) >= 11 is 1.68. The van der Waals surface area contributed by atoms with Gasteiger partial charge in [0.15, 0.2) is 0 Å². The van der Waals surface area contributed by atoms with Crippen molar-refractivity contribution in [2.45, 2.75) is 25.0 Å². The summed E-state index contributed by atoms with van der Waals surface area (Å²) in [5.41, 5.74) is 1.50. The third-order valence-electron chi connectivity index (χ3n) is 5.96. The van der Waals surface area contributed by atoms with E-state index in [0.717, 1.165) is 42.3 Å². The lowest BCUT2D eigenvalue weighted by Gasteiger charge is -2.50. The van der Waals surface area contributed by atoms with Gasteiger partial charge in [-0.3, -0.25) is 9.69 Å². The van der Waals surface area contributed by atoms with Crippen LogP contribution in [0.15, 0.2) is 35.7 Å². The summed E-state index contributed by atoms with van der Waals surface area (Å²) in [7, 11) is 1.54. The molecule has 7 heteroatoms. The number of piperidine rings is 2. The SMILES string of the molecule is COCC(=O)N1CC[C@]2(O)CCN(Cc3nc(-c4ccccc4)cs3)C[C@@H]2C1. The molecule has 0 bridgehead atoms. The number of benzene rings is 1. The molecule has 0 unspecified atom stereocenters. The number of nitrogens with zero attached hydrogens (tertiary/aromatic N) is 3. The molecule has 6 nitrogen and oxygen atoms in total. The zero-order valence-corrected chi connectivity index (χ0v) is 17.0. The monoisotopic (exact) mass is 401 g/mol. The summed E-state index contributed by atoms with van der Waals surface area (Å²) in [6, 6.07) is 10.2. The van der Waals surface area contributed by atoms with Crippen molar-refractivity contribution in [3.8, 4) is 11.3 Å². The molecule has 2 aliphatic rings. The largest absolute Gasteiger partial charge is 0.389 e. The van der Waals surface area contributed by atoms with Crippen LogP contribution in [0.5, 0.6) is 0 Å². The van der Waals surface area contributed by atoms with Crippen LogP contribution in [0, 0.1) is 5.92 Å². The normalized spacial score (nSPS) is 25.5. The molecule has 1 aromatic heterocycles. The fraction of sp³-hybridized carbons (Fsp3) is 0.524. The molecule has 150 valence electrons. The molecule has 28 heavy (non-hydrogen) atoms. The van der Waals surface area contributed by atoms with Gasteiger partial charge in [0.25, 0.3) is 0 Å². The van der Waals surface area contributed by atoms with Crippen molar-refractivity contribution in [3.05, 3.63) is 40.7 Å². The van der Waals surface area contributed by atoms with Crippen LogP contribution in [0.3, 0.4) is 0 Å². The first kappa shape index (κ1) is 19.5. The molecule has 0 saturated carbocycles. The number of hydrogen-bond donors (Lipinski definition) is 1. The van der Waals surface area contributed by atoms with Crippen LogP contribution in [0.2, 0.25) is 0 Å². The van der Waals surface area contributed by atoms with Crippen LogP contribution in [-0.4, -0.2) is 71.3 Å². The van der Waals surface area contributed by atoms with Gasteiger partial charge in [0.2, 0.25) is 5.91 Å². The summed E-state index contributed by atoms with van der Waals surface area (Å²) in [4.78, 5) is 21.2. The van der Waals surface area contributed by atoms with Crippen molar-refractivity contribution in [1.82, 2.24) is 14.8 Å². The van der Waals surface area contributed by atoms with Gasteiger partial charge in [0.05, 0.1) is 17.8 Å². The highest BCUT2D eigenvalue weighted by molar-refractivity contribution is 7.09. The van der Waals surface area contributed by atoms with Crippen LogP contribution in [0.1, 0.15) is 17.8 Å². The maximum absolute atomic E-state index is 12.2. The highest BCUT2D eigenvalue weighted by Crippen LogP contribution is 2.36. The van der Waals surface area contributed by atoms with E-state index in [4.69, 9.17) is 9.72 Å². The average Bonchev–Trinajstić information content (AvgIpc) is 3.17. The van der Waals surface area contributed by atoms with Gasteiger partial charge in [-0.1, -0.05) is 30.3 Å². The number of fused-ring (bicyclic) bond motifs is 1. The number of carbonyl (C=O) groups is 1. The molecule has 1 aromatic carbocycles. The third-order valence-corrected chi connectivity index (χ3v) is 6.79. The second kappa shape index (κ2) is 8.29. The Bertz CT molecular complexity index is 812. The van der Waals surface area contributed by atoms with Gasteiger partial charge >= 0.3 is 0 Å². The van der Waals surface area contributed by atoms with Gasteiger partial charge in [-0.15, -0.1) is 11.3 Å². The van der Waals surface area contributed by atoms with E-state index in [1.54, 1.807) is 11.3 Å². The minimum Gasteiger partial charge on any atom is -0.389 e. The van der Waals surface area contributed by atoms with E-state index in [2.05, 4.69) is 22.4 Å². The number of carbonyl (C=O) groups excluding carboxylic acids is 1. The van der Waals surface area contributed by atoms with Crippen molar-refractivity contribution in [2.24, 2.45) is 5.92 Å². The smallest absolute Gasteiger partial charge is 0.248 e. The molecule has 2 saturated heterocycles. The molecule has 3 heterocycles. The Hall–Kier alpha value is -1.80. The van der Waals surface area contributed by atoms with Gasteiger partial charge in [-0.25, -0.2) is 4.98 Å². The molecule has 2 atom stereocenters. The average molecular weight is 402 g/mol. The molecule has 0 spiro atoms. The van der Waals surface area contributed by atoms with E-state index in [1.165, 1.54) is 7.11 Å². The zero-order valence-electron chi connectivity index (χ0n) is 16.2. The highest BCUT2D eigenvalue weighted by Gasteiger charge is 2.45. The minimum atomic E-state index is -0.654. The predicted molar refractivity (Wildman–Crippen MR) is 109 cm³/mol. The van der Waals surface area contributed by atoms with E-state index >= 15 is 0 Å². The Labute approximate surface area is 169 Å². The van der Waals surface area contributed by atoms with Crippen molar-refractivity contribution in [3.63, 3.8) is 0 Å². The molecule has 2 fully saturated rings. The van der Waals surface area contributed by atoms with E-state index in [-0.39, 0.29) is 18.4 Å². The van der Waals surface area contributed by atoms with E-state index < -0.39 is 5.60 Å². The summed E-state index contributed by atoms with van der Waals surface area (Å²) < 4.78 is 4.99. The number of aliphatic hydroxyl groups is 1. The van der Waals surface area contributed by atoms with Crippen LogP contribution < -0.4 is 0 Å². The Morgan fingerprint density at radius 2 is 2.07 bits per heavy atom. The fourth-order valence-electron chi connectivity index (χ4n) is 4.27. The summed E-state index contributed by atoms with van der Waals surface area (Å²) in [5, 5.41) is 14.2. The highest BCUT2D eigenvalue weighted by atomic mass is 32.1. The van der Waals surface area contributed by atoms with Crippen molar-refractivity contribution < 1.29 is 14.6 Å². The van der Waals surface area contributed by atoms with E-state index in [1.807, 2.05) is 23.1 Å². The van der Waals surface area contributed by atoms with Gasteiger partial charge < -0.3 is 14.7 Å². The van der Waals surface area contributed by atoms with Gasteiger partial charge in [-0.2, -0.15) is 0 Å². The number of rotatable bonds is 5. The van der Waals surface area contributed by atoms with Gasteiger partial charge in [0.1, 0.15) is 11.6 Å². The van der Waals surface area contributed by atoms with Crippen LogP contribution >= 0.6 is 11.3 Å². The molecule has 4 rings (SSSR count). The lowest BCUT2D eigenvalue weighted by Crippen LogP contribution is -2.60. The summed E-state index contributed by atoms with van der Waals surface area (Å²) in [6.45, 7) is 3.75. The van der Waals surface area contributed by atoms with Crippen molar-refractivity contribution in [1.29, 1.82) is 0 Å². The Kier molecular flexibility index (Phi) is 5.78. The minimum absolute atomic E-state index is 0.00843. The summed E-state index contributed by atoms with van der Waals surface area (Å²) in [5.74, 6) is 0.0819. The standard InChI is InChI=1S/C21H27N3O3S/c1-27-14-20(25)24-10-8-21(26)7-9-23(11-17(21)12-24)13-19-22-18(15-28-19)16-5-3-2-4-6-16/h2-6,15,17,26H,7-14H2,1H3/t17-,21-/m1/s1. The predicted octanol–water partition coefficient (Wildman–Crippen LogP) is 2.24. The Morgan fingerprint density at radius 1 is 1.29 bits per heavy atom. The molecule has 2 aliphatic heterocycles. The maximum atomic E-state index is 12.2. The van der Waals surface area contributed by atoms with Crippen LogP contribution in [0.4, 0.5) is 0 Å². The number of amides is 1. The number of hydrogen-bond acceptors (Lipinski definition) is 6. The Morgan fingerprint density at radius 3 is 2.86 bits per heavy atom. The van der Waals surface area contributed by atoms with E-state index in [9.17, 15) is 9.90 Å². The molecule has 1 N–H and O–H groups in total.